The lowest BCUT2D eigenvalue weighted by Gasteiger charge is -2.30. The highest BCUT2D eigenvalue weighted by Gasteiger charge is 2.28. The van der Waals surface area contributed by atoms with E-state index in [1.165, 1.54) is 0 Å². The van der Waals surface area contributed by atoms with Gasteiger partial charge in [-0.3, -0.25) is 9.59 Å². The fourth-order valence-corrected chi connectivity index (χ4v) is 2.76. The molecule has 0 saturated carbocycles. The lowest BCUT2D eigenvalue weighted by Crippen LogP contribution is -2.44. The molecule has 0 bridgehead atoms. The molecule has 1 fully saturated rings. The molecule has 2 rings (SSSR count). The smallest absolute Gasteiger partial charge is 0.308 e. The van der Waals surface area contributed by atoms with Crippen LogP contribution in [0.3, 0.4) is 0 Å². The van der Waals surface area contributed by atoms with Gasteiger partial charge in [0.2, 0.25) is 0 Å². The summed E-state index contributed by atoms with van der Waals surface area (Å²) in [5, 5.41) is 9.09. The molecule has 1 aromatic rings. The summed E-state index contributed by atoms with van der Waals surface area (Å²) in [6, 6.07) is 5.51. The summed E-state index contributed by atoms with van der Waals surface area (Å²) in [4.78, 5) is 24.9. The number of aliphatic carboxylic acids is 1. The highest BCUT2D eigenvalue weighted by molar-refractivity contribution is 5.79. The minimum Gasteiger partial charge on any atom is -0.493 e. The lowest BCUT2D eigenvalue weighted by atomic mass is 9.98. The number of carboxylic acids is 1. The average molecular weight is 333 g/mol. The first-order chi connectivity index (χ1) is 11.5. The van der Waals surface area contributed by atoms with Gasteiger partial charge in [0.25, 0.3) is 5.91 Å². The summed E-state index contributed by atoms with van der Waals surface area (Å²) >= 11 is 0. The summed E-state index contributed by atoms with van der Waals surface area (Å²) < 4.78 is 10.9. The molecule has 1 atom stereocenters. The van der Waals surface area contributed by atoms with Gasteiger partial charge in [0.15, 0.2) is 18.1 Å². The fraction of sp³-hybridized carbons (Fsp3) is 0.444. The summed E-state index contributed by atoms with van der Waals surface area (Å²) in [5.74, 6) is -0.504. The molecule has 1 aromatic carbocycles. The molecule has 6 heteroatoms. The Labute approximate surface area is 141 Å². The first-order valence-electron chi connectivity index (χ1n) is 7.96. The Kier molecular flexibility index (Phi) is 6.23. The highest BCUT2D eigenvalue weighted by Crippen LogP contribution is 2.28. The predicted octanol–water partition coefficient (Wildman–Crippen LogP) is 2.13. The van der Waals surface area contributed by atoms with Crippen molar-refractivity contribution in [1.29, 1.82) is 0 Å². The van der Waals surface area contributed by atoms with Gasteiger partial charge in [-0.05, 0) is 37.0 Å². The minimum atomic E-state index is -0.854. The number of rotatable bonds is 7. The van der Waals surface area contributed by atoms with Crippen molar-refractivity contribution in [3.63, 3.8) is 0 Å². The number of carbonyl (C=O) groups excluding carboxylic acids is 1. The molecule has 1 N–H and O–H groups in total. The van der Waals surface area contributed by atoms with Gasteiger partial charge in [0.1, 0.15) is 0 Å². The van der Waals surface area contributed by atoms with Crippen LogP contribution in [0.1, 0.15) is 18.4 Å². The van der Waals surface area contributed by atoms with Gasteiger partial charge >= 0.3 is 5.97 Å². The Morgan fingerprint density at radius 1 is 1.42 bits per heavy atom. The quantitative estimate of drug-likeness (QED) is 0.774. The van der Waals surface area contributed by atoms with Crippen molar-refractivity contribution in [2.24, 2.45) is 5.92 Å². The topological polar surface area (TPSA) is 76.1 Å². The number of amides is 1. The third-order valence-electron chi connectivity index (χ3n) is 4.08. The molecular formula is C18H23NO5. The maximum atomic E-state index is 12.3. The third kappa shape index (κ3) is 4.50. The van der Waals surface area contributed by atoms with Gasteiger partial charge in [0.05, 0.1) is 13.0 Å². The van der Waals surface area contributed by atoms with Crippen LogP contribution >= 0.6 is 0 Å². The molecule has 1 unspecified atom stereocenters. The fourth-order valence-electron chi connectivity index (χ4n) is 2.76. The SMILES string of the molecule is C=CCc1ccc(OCC(=O)N2CCCC(C(=O)O)C2)c(OC)c1. The van der Waals surface area contributed by atoms with Crippen LogP contribution in [0.15, 0.2) is 30.9 Å². The van der Waals surface area contributed by atoms with Gasteiger partial charge in [0, 0.05) is 13.1 Å². The third-order valence-corrected chi connectivity index (χ3v) is 4.08. The first-order valence-corrected chi connectivity index (χ1v) is 7.96. The predicted molar refractivity (Wildman–Crippen MR) is 89.3 cm³/mol. The van der Waals surface area contributed by atoms with Crippen LogP contribution in [0, 0.1) is 5.92 Å². The zero-order valence-electron chi connectivity index (χ0n) is 13.9. The van der Waals surface area contributed by atoms with Crippen LogP contribution in [0.2, 0.25) is 0 Å². The Balaban J connectivity index is 1.96. The van der Waals surface area contributed by atoms with Crippen molar-refractivity contribution in [3.05, 3.63) is 36.4 Å². The maximum absolute atomic E-state index is 12.3. The number of piperidine rings is 1. The molecule has 1 amide bonds. The van der Waals surface area contributed by atoms with Crippen LogP contribution in [-0.2, 0) is 16.0 Å². The molecule has 0 aliphatic carbocycles. The van der Waals surface area contributed by atoms with Crippen LogP contribution in [0.25, 0.3) is 0 Å². The number of hydrogen-bond donors (Lipinski definition) is 1. The maximum Gasteiger partial charge on any atom is 0.308 e. The molecule has 1 aliphatic heterocycles. The minimum absolute atomic E-state index is 0.135. The van der Waals surface area contributed by atoms with E-state index < -0.39 is 11.9 Å². The standard InChI is InChI=1S/C18H23NO5/c1-3-5-13-7-8-15(16(10-13)23-2)24-12-17(20)19-9-4-6-14(11-19)18(21)22/h3,7-8,10,14H,1,4-6,9,11-12H2,2H3,(H,21,22). The molecular weight excluding hydrogens is 310 g/mol. The lowest BCUT2D eigenvalue weighted by molar-refractivity contribution is -0.146. The number of carbonyl (C=O) groups is 2. The van der Waals surface area contributed by atoms with Gasteiger partial charge in [-0.2, -0.15) is 0 Å². The van der Waals surface area contributed by atoms with E-state index in [1.807, 2.05) is 12.1 Å². The van der Waals surface area contributed by atoms with Gasteiger partial charge < -0.3 is 19.5 Å². The number of nitrogens with zero attached hydrogens (tertiary/aromatic N) is 1. The van der Waals surface area contributed by atoms with E-state index >= 15 is 0 Å². The van der Waals surface area contributed by atoms with Crippen LogP contribution in [0.5, 0.6) is 11.5 Å². The molecule has 130 valence electrons. The van der Waals surface area contributed by atoms with E-state index in [0.717, 1.165) is 12.0 Å². The van der Waals surface area contributed by atoms with Crippen molar-refractivity contribution >= 4 is 11.9 Å². The normalized spacial score (nSPS) is 17.2. The van der Waals surface area contributed by atoms with Crippen molar-refractivity contribution in [3.8, 4) is 11.5 Å². The number of hydrogen-bond acceptors (Lipinski definition) is 4. The van der Waals surface area contributed by atoms with Crippen LogP contribution < -0.4 is 9.47 Å². The van der Waals surface area contributed by atoms with Gasteiger partial charge in [-0.15, -0.1) is 6.58 Å². The van der Waals surface area contributed by atoms with E-state index in [0.29, 0.717) is 30.9 Å². The molecule has 1 saturated heterocycles. The largest absolute Gasteiger partial charge is 0.493 e. The average Bonchev–Trinajstić information content (AvgIpc) is 2.60. The van der Waals surface area contributed by atoms with Crippen LogP contribution in [-0.4, -0.2) is 48.7 Å². The van der Waals surface area contributed by atoms with E-state index in [-0.39, 0.29) is 19.1 Å². The van der Waals surface area contributed by atoms with Crippen molar-refractivity contribution in [2.45, 2.75) is 19.3 Å². The zero-order chi connectivity index (χ0) is 17.5. The summed E-state index contributed by atoms with van der Waals surface area (Å²) in [7, 11) is 1.55. The second kappa shape index (κ2) is 8.38. The molecule has 24 heavy (non-hydrogen) atoms. The number of likely N-dealkylation sites (tertiary alicyclic amines) is 1. The Bertz CT molecular complexity index is 613. The number of ether oxygens (including phenoxy) is 2. The highest BCUT2D eigenvalue weighted by atomic mass is 16.5. The second-order valence-electron chi connectivity index (χ2n) is 5.78. The second-order valence-corrected chi connectivity index (χ2v) is 5.78. The molecule has 0 aromatic heterocycles. The first kappa shape index (κ1) is 17.8. The Morgan fingerprint density at radius 3 is 2.88 bits per heavy atom. The Hall–Kier alpha value is -2.50. The Morgan fingerprint density at radius 2 is 2.21 bits per heavy atom. The van der Waals surface area contributed by atoms with Crippen LogP contribution in [0.4, 0.5) is 0 Å². The van der Waals surface area contributed by atoms with Crippen molar-refractivity contribution < 1.29 is 24.2 Å². The van der Waals surface area contributed by atoms with Gasteiger partial charge in [-0.25, -0.2) is 0 Å². The zero-order valence-corrected chi connectivity index (χ0v) is 13.9. The van der Waals surface area contributed by atoms with E-state index in [9.17, 15) is 9.59 Å². The van der Waals surface area contributed by atoms with E-state index in [4.69, 9.17) is 14.6 Å². The van der Waals surface area contributed by atoms with Gasteiger partial charge in [-0.1, -0.05) is 12.1 Å². The molecule has 1 aliphatic rings. The number of methoxy groups -OCH3 is 1. The van der Waals surface area contributed by atoms with Crippen molar-refractivity contribution in [1.82, 2.24) is 4.90 Å². The molecule has 0 radical (unpaired) electrons. The summed E-state index contributed by atoms with van der Waals surface area (Å²) in [6.07, 6.45) is 3.83. The summed E-state index contributed by atoms with van der Waals surface area (Å²) in [6.45, 7) is 4.38. The summed E-state index contributed by atoms with van der Waals surface area (Å²) in [5.41, 5.74) is 1.04. The van der Waals surface area contributed by atoms with E-state index in [2.05, 4.69) is 6.58 Å². The monoisotopic (exact) mass is 333 g/mol. The molecule has 6 nitrogen and oxygen atoms in total. The number of benzene rings is 1. The van der Waals surface area contributed by atoms with Crippen molar-refractivity contribution in [2.75, 3.05) is 26.8 Å². The molecule has 0 spiro atoms. The number of allylic oxidation sites excluding steroid dienone is 1. The van der Waals surface area contributed by atoms with E-state index in [1.54, 1.807) is 24.2 Å². The molecule has 1 heterocycles. The number of carboxylic acid groups (broad SMARTS) is 1.